The first-order valence-electron chi connectivity index (χ1n) is 8.87. The van der Waals surface area contributed by atoms with Crippen LogP contribution in [-0.4, -0.2) is 32.1 Å². The molecule has 1 saturated carbocycles. The minimum atomic E-state index is -0.647. The van der Waals surface area contributed by atoms with Crippen LogP contribution in [0, 0.1) is 0 Å². The standard InChI is InChI=1S/C21H22ClNO4/c1-26-18-9-8-16(22)12-17(18)20(25)27-13-19(24)23-14-21(10-5-11-21)15-6-3-2-4-7-15/h2-4,6-9,12H,5,10-11,13-14H2,1H3,(H,23,24). The number of amides is 1. The molecule has 0 saturated heterocycles. The van der Waals surface area contributed by atoms with Gasteiger partial charge in [0.2, 0.25) is 0 Å². The Morgan fingerprint density at radius 2 is 1.89 bits per heavy atom. The molecule has 0 spiro atoms. The molecule has 1 amide bonds. The van der Waals surface area contributed by atoms with Crippen LogP contribution in [0.5, 0.6) is 5.75 Å². The van der Waals surface area contributed by atoms with Crippen LogP contribution in [0.25, 0.3) is 0 Å². The van der Waals surface area contributed by atoms with Crippen molar-refractivity contribution in [3.63, 3.8) is 0 Å². The summed E-state index contributed by atoms with van der Waals surface area (Å²) >= 11 is 5.92. The number of ether oxygens (including phenoxy) is 2. The van der Waals surface area contributed by atoms with E-state index < -0.39 is 5.97 Å². The Hall–Kier alpha value is -2.53. The maximum Gasteiger partial charge on any atom is 0.342 e. The number of hydrogen-bond acceptors (Lipinski definition) is 4. The van der Waals surface area contributed by atoms with Gasteiger partial charge in [-0.2, -0.15) is 0 Å². The maximum absolute atomic E-state index is 12.2. The molecule has 1 aliphatic carbocycles. The SMILES string of the molecule is COc1ccc(Cl)cc1C(=O)OCC(=O)NCC1(c2ccccc2)CCC1. The number of carbonyl (C=O) groups excluding carboxylic acids is 2. The average Bonchev–Trinajstić information content (AvgIpc) is 2.66. The van der Waals surface area contributed by atoms with Crippen LogP contribution in [0.2, 0.25) is 5.02 Å². The van der Waals surface area contributed by atoms with E-state index in [4.69, 9.17) is 21.1 Å². The van der Waals surface area contributed by atoms with Gasteiger partial charge in [0.25, 0.3) is 5.91 Å². The highest BCUT2D eigenvalue weighted by molar-refractivity contribution is 6.31. The molecule has 0 radical (unpaired) electrons. The Bertz CT molecular complexity index is 818. The van der Waals surface area contributed by atoms with Gasteiger partial charge in [0.15, 0.2) is 6.61 Å². The fraction of sp³-hybridized carbons (Fsp3) is 0.333. The van der Waals surface area contributed by atoms with Gasteiger partial charge in [-0.05, 0) is 36.6 Å². The Labute approximate surface area is 163 Å². The predicted molar refractivity (Wildman–Crippen MR) is 103 cm³/mol. The minimum absolute atomic E-state index is 0.0168. The van der Waals surface area contributed by atoms with E-state index in [0.717, 1.165) is 19.3 Å². The van der Waals surface area contributed by atoms with E-state index in [2.05, 4.69) is 17.4 Å². The largest absolute Gasteiger partial charge is 0.496 e. The zero-order valence-electron chi connectivity index (χ0n) is 15.2. The Morgan fingerprint density at radius 3 is 2.52 bits per heavy atom. The van der Waals surface area contributed by atoms with Crippen molar-refractivity contribution >= 4 is 23.5 Å². The smallest absolute Gasteiger partial charge is 0.342 e. The van der Waals surface area contributed by atoms with Crippen molar-refractivity contribution in [2.75, 3.05) is 20.3 Å². The van der Waals surface area contributed by atoms with E-state index in [1.165, 1.54) is 18.7 Å². The molecule has 0 aromatic heterocycles. The lowest BCUT2D eigenvalue weighted by atomic mass is 9.64. The monoisotopic (exact) mass is 387 g/mol. The van der Waals surface area contributed by atoms with Gasteiger partial charge in [0, 0.05) is 17.0 Å². The molecule has 1 aliphatic rings. The van der Waals surface area contributed by atoms with Crippen LogP contribution in [0.15, 0.2) is 48.5 Å². The van der Waals surface area contributed by atoms with E-state index in [-0.39, 0.29) is 23.5 Å². The van der Waals surface area contributed by atoms with Gasteiger partial charge in [0.1, 0.15) is 11.3 Å². The van der Waals surface area contributed by atoms with Gasteiger partial charge >= 0.3 is 5.97 Å². The Balaban J connectivity index is 1.54. The molecule has 1 fully saturated rings. The number of nitrogens with one attached hydrogen (secondary N) is 1. The summed E-state index contributed by atoms with van der Waals surface area (Å²) in [5.41, 5.74) is 1.41. The summed E-state index contributed by atoms with van der Waals surface area (Å²) in [5.74, 6) is -0.625. The summed E-state index contributed by atoms with van der Waals surface area (Å²) < 4.78 is 10.3. The van der Waals surface area contributed by atoms with Crippen molar-refractivity contribution < 1.29 is 19.1 Å². The molecule has 2 aromatic rings. The van der Waals surface area contributed by atoms with Crippen LogP contribution < -0.4 is 10.1 Å². The second-order valence-electron chi connectivity index (χ2n) is 6.70. The van der Waals surface area contributed by atoms with Gasteiger partial charge in [0.05, 0.1) is 7.11 Å². The van der Waals surface area contributed by atoms with Crippen LogP contribution in [0.1, 0.15) is 35.2 Å². The van der Waals surface area contributed by atoms with Crippen molar-refractivity contribution in [1.29, 1.82) is 0 Å². The third kappa shape index (κ3) is 4.42. The number of methoxy groups -OCH3 is 1. The highest BCUT2D eigenvalue weighted by Crippen LogP contribution is 2.43. The molecular weight excluding hydrogens is 366 g/mol. The highest BCUT2D eigenvalue weighted by atomic mass is 35.5. The molecule has 0 heterocycles. The fourth-order valence-electron chi connectivity index (χ4n) is 3.33. The quantitative estimate of drug-likeness (QED) is 0.735. The lowest BCUT2D eigenvalue weighted by molar-refractivity contribution is -0.124. The average molecular weight is 388 g/mol. The van der Waals surface area contributed by atoms with E-state index >= 15 is 0 Å². The molecule has 0 bridgehead atoms. The summed E-state index contributed by atoms with van der Waals surface area (Å²) in [6.45, 7) is 0.188. The van der Waals surface area contributed by atoms with Crippen molar-refractivity contribution in [3.8, 4) is 5.75 Å². The first-order valence-corrected chi connectivity index (χ1v) is 9.25. The molecule has 27 heavy (non-hydrogen) atoms. The number of esters is 1. The molecule has 6 heteroatoms. The maximum atomic E-state index is 12.2. The molecule has 142 valence electrons. The molecule has 1 N–H and O–H groups in total. The van der Waals surface area contributed by atoms with Crippen LogP contribution in [0.3, 0.4) is 0 Å². The lowest BCUT2D eigenvalue weighted by Gasteiger charge is -2.42. The van der Waals surface area contributed by atoms with Crippen molar-refractivity contribution in [2.24, 2.45) is 0 Å². The number of carbonyl (C=O) groups is 2. The zero-order chi connectivity index (χ0) is 19.3. The van der Waals surface area contributed by atoms with Gasteiger partial charge in [-0.25, -0.2) is 4.79 Å². The highest BCUT2D eigenvalue weighted by Gasteiger charge is 2.38. The molecule has 2 aromatic carbocycles. The second kappa shape index (κ2) is 8.44. The number of halogens is 1. The van der Waals surface area contributed by atoms with Gasteiger partial charge in [-0.1, -0.05) is 48.4 Å². The third-order valence-corrected chi connectivity index (χ3v) is 5.27. The van der Waals surface area contributed by atoms with Gasteiger partial charge in [-0.15, -0.1) is 0 Å². The van der Waals surface area contributed by atoms with Crippen molar-refractivity contribution in [3.05, 3.63) is 64.7 Å². The minimum Gasteiger partial charge on any atom is -0.496 e. The molecule has 0 aliphatic heterocycles. The van der Waals surface area contributed by atoms with Crippen LogP contribution in [-0.2, 0) is 14.9 Å². The summed E-state index contributed by atoms with van der Waals surface area (Å²) in [4.78, 5) is 24.4. The molecular formula is C21H22ClNO4. The third-order valence-electron chi connectivity index (χ3n) is 5.04. The van der Waals surface area contributed by atoms with Crippen molar-refractivity contribution in [2.45, 2.75) is 24.7 Å². The zero-order valence-corrected chi connectivity index (χ0v) is 15.9. The first kappa shape index (κ1) is 19.2. The van der Waals surface area contributed by atoms with E-state index in [0.29, 0.717) is 17.3 Å². The number of hydrogen-bond donors (Lipinski definition) is 1. The summed E-state index contributed by atoms with van der Waals surface area (Å²) in [6, 6.07) is 14.9. The number of benzene rings is 2. The molecule has 0 atom stereocenters. The predicted octanol–water partition coefficient (Wildman–Crippen LogP) is 3.74. The van der Waals surface area contributed by atoms with Crippen LogP contribution in [0.4, 0.5) is 0 Å². The number of rotatable bonds is 7. The molecule has 5 nitrogen and oxygen atoms in total. The lowest BCUT2D eigenvalue weighted by Crippen LogP contribution is -2.46. The topological polar surface area (TPSA) is 64.6 Å². The summed E-state index contributed by atoms with van der Waals surface area (Å²) in [6.07, 6.45) is 3.22. The van der Waals surface area contributed by atoms with E-state index in [9.17, 15) is 9.59 Å². The Kier molecular flexibility index (Phi) is 6.01. The van der Waals surface area contributed by atoms with E-state index in [1.54, 1.807) is 12.1 Å². The Morgan fingerprint density at radius 1 is 1.15 bits per heavy atom. The van der Waals surface area contributed by atoms with Crippen LogP contribution >= 0.6 is 11.6 Å². The fourth-order valence-corrected chi connectivity index (χ4v) is 3.50. The van der Waals surface area contributed by atoms with Crippen molar-refractivity contribution in [1.82, 2.24) is 5.32 Å². The summed E-state index contributed by atoms with van der Waals surface area (Å²) in [7, 11) is 1.45. The first-order chi connectivity index (χ1) is 13.0. The normalized spacial score (nSPS) is 14.7. The van der Waals surface area contributed by atoms with Gasteiger partial charge in [-0.3, -0.25) is 4.79 Å². The second-order valence-corrected chi connectivity index (χ2v) is 7.13. The van der Waals surface area contributed by atoms with Gasteiger partial charge < -0.3 is 14.8 Å². The van der Waals surface area contributed by atoms with E-state index in [1.807, 2.05) is 18.2 Å². The summed E-state index contributed by atoms with van der Waals surface area (Å²) in [5, 5.41) is 3.29. The molecule has 0 unspecified atom stereocenters. The molecule has 3 rings (SSSR count).